The molecule has 1 amide bonds. The Morgan fingerprint density at radius 2 is 1.90 bits per heavy atom. The number of nitrogens with zero attached hydrogens (tertiary/aromatic N) is 1. The number of sulfonamides is 1. The maximum atomic E-state index is 12.2. The van der Waals surface area contributed by atoms with E-state index in [4.69, 9.17) is 0 Å². The van der Waals surface area contributed by atoms with Crippen molar-refractivity contribution >= 4 is 27.3 Å². The van der Waals surface area contributed by atoms with Gasteiger partial charge in [0.25, 0.3) is 0 Å². The van der Waals surface area contributed by atoms with Crippen molar-refractivity contribution in [1.29, 1.82) is 0 Å². The Bertz CT molecular complexity index is 682. The van der Waals surface area contributed by atoms with Crippen molar-refractivity contribution in [3.05, 3.63) is 52.7 Å². The van der Waals surface area contributed by atoms with E-state index in [2.05, 4.69) is 5.32 Å². The maximum absolute atomic E-state index is 12.2. The van der Waals surface area contributed by atoms with Crippen LogP contribution in [0, 0.1) is 0 Å². The number of rotatable bonds is 6. The summed E-state index contributed by atoms with van der Waals surface area (Å²) in [6.07, 6.45) is 0. The molecule has 0 spiro atoms. The van der Waals surface area contributed by atoms with Crippen molar-refractivity contribution in [3.8, 4) is 0 Å². The van der Waals surface area contributed by atoms with Crippen LogP contribution < -0.4 is 5.32 Å². The fraction of sp³-hybridized carbons (Fsp3) is 0.214. The summed E-state index contributed by atoms with van der Waals surface area (Å²) < 4.78 is 25.5. The van der Waals surface area contributed by atoms with Crippen LogP contribution in [0.4, 0.5) is 0 Å². The lowest BCUT2D eigenvalue weighted by atomic mass is 10.4. The Kier molecular flexibility index (Phi) is 5.11. The molecule has 0 radical (unpaired) electrons. The molecule has 1 heterocycles. The molecule has 0 saturated heterocycles. The molecule has 0 atom stereocenters. The number of hydrogen-bond acceptors (Lipinski definition) is 4. The number of benzene rings is 1. The lowest BCUT2D eigenvalue weighted by Gasteiger charge is -2.16. The van der Waals surface area contributed by atoms with Crippen molar-refractivity contribution in [2.45, 2.75) is 11.4 Å². The number of likely N-dealkylation sites (N-methyl/N-ethyl adjacent to an activating group) is 1. The number of nitrogens with one attached hydrogen (secondary N) is 1. The molecular weight excluding hydrogens is 308 g/mol. The molecule has 0 bridgehead atoms. The predicted octanol–water partition coefficient (Wildman–Crippen LogP) is 1.68. The number of carbonyl (C=O) groups is 1. The Balaban J connectivity index is 1.94. The monoisotopic (exact) mass is 324 g/mol. The second-order valence-electron chi connectivity index (χ2n) is 4.43. The Hall–Kier alpha value is -1.70. The molecule has 0 aliphatic heterocycles. The largest absolute Gasteiger partial charge is 0.350 e. The summed E-state index contributed by atoms with van der Waals surface area (Å²) in [5, 5.41) is 4.63. The van der Waals surface area contributed by atoms with Crippen LogP contribution in [-0.2, 0) is 21.4 Å². The summed E-state index contributed by atoms with van der Waals surface area (Å²) in [6, 6.07) is 11.9. The van der Waals surface area contributed by atoms with Gasteiger partial charge in [-0.15, -0.1) is 11.3 Å². The molecule has 0 aliphatic carbocycles. The van der Waals surface area contributed by atoms with E-state index in [1.54, 1.807) is 18.2 Å². The Morgan fingerprint density at radius 1 is 1.19 bits per heavy atom. The van der Waals surface area contributed by atoms with Crippen LogP contribution in [-0.4, -0.2) is 32.2 Å². The zero-order valence-corrected chi connectivity index (χ0v) is 13.2. The molecule has 0 fully saturated rings. The topological polar surface area (TPSA) is 66.5 Å². The van der Waals surface area contributed by atoms with Gasteiger partial charge in [-0.1, -0.05) is 24.3 Å². The van der Waals surface area contributed by atoms with E-state index >= 15 is 0 Å². The highest BCUT2D eigenvalue weighted by atomic mass is 32.2. The molecular formula is C14H16N2O3S2. The highest BCUT2D eigenvalue weighted by Crippen LogP contribution is 2.13. The number of amides is 1. The second kappa shape index (κ2) is 6.84. The summed E-state index contributed by atoms with van der Waals surface area (Å²) in [5.74, 6) is -0.328. The fourth-order valence-corrected chi connectivity index (χ4v) is 3.51. The standard InChI is InChI=1S/C14H16N2O3S2/c1-16(21(18,19)13-7-3-2-4-8-13)11-14(17)15-10-12-6-5-9-20-12/h2-9H,10-11H2,1H3,(H,15,17). The van der Waals surface area contributed by atoms with Crippen LogP contribution in [0.5, 0.6) is 0 Å². The van der Waals surface area contributed by atoms with Gasteiger partial charge in [-0.05, 0) is 23.6 Å². The fourth-order valence-electron chi connectivity index (χ4n) is 1.71. The first-order valence-corrected chi connectivity index (χ1v) is 8.62. The minimum atomic E-state index is -3.63. The van der Waals surface area contributed by atoms with Gasteiger partial charge in [0, 0.05) is 11.9 Å². The molecule has 5 nitrogen and oxygen atoms in total. The van der Waals surface area contributed by atoms with Gasteiger partial charge in [-0.25, -0.2) is 8.42 Å². The Labute approximate surface area is 128 Å². The summed E-state index contributed by atoms with van der Waals surface area (Å²) in [5.41, 5.74) is 0. The molecule has 112 valence electrons. The third kappa shape index (κ3) is 4.13. The molecule has 2 aromatic rings. The molecule has 2 rings (SSSR count). The van der Waals surface area contributed by atoms with E-state index in [0.29, 0.717) is 6.54 Å². The van der Waals surface area contributed by atoms with Gasteiger partial charge in [0.1, 0.15) is 0 Å². The molecule has 0 saturated carbocycles. The minimum Gasteiger partial charge on any atom is -0.350 e. The van der Waals surface area contributed by atoms with E-state index in [1.165, 1.54) is 30.5 Å². The zero-order valence-electron chi connectivity index (χ0n) is 11.5. The summed E-state index contributed by atoms with van der Waals surface area (Å²) in [4.78, 5) is 13.0. The first-order valence-electron chi connectivity index (χ1n) is 6.30. The van der Waals surface area contributed by atoms with E-state index in [1.807, 2.05) is 17.5 Å². The highest BCUT2D eigenvalue weighted by molar-refractivity contribution is 7.89. The van der Waals surface area contributed by atoms with Crippen molar-refractivity contribution in [1.82, 2.24) is 9.62 Å². The highest BCUT2D eigenvalue weighted by Gasteiger charge is 2.22. The van der Waals surface area contributed by atoms with E-state index in [-0.39, 0.29) is 17.3 Å². The quantitative estimate of drug-likeness (QED) is 0.879. The molecule has 0 unspecified atom stereocenters. The second-order valence-corrected chi connectivity index (χ2v) is 7.51. The van der Waals surface area contributed by atoms with Gasteiger partial charge in [0.2, 0.25) is 15.9 Å². The molecule has 1 aromatic heterocycles. The first kappa shape index (κ1) is 15.7. The predicted molar refractivity (Wildman–Crippen MR) is 82.4 cm³/mol. The lowest BCUT2D eigenvalue weighted by molar-refractivity contribution is -0.121. The average Bonchev–Trinajstić information content (AvgIpc) is 2.99. The lowest BCUT2D eigenvalue weighted by Crippen LogP contribution is -2.37. The van der Waals surface area contributed by atoms with E-state index < -0.39 is 10.0 Å². The Morgan fingerprint density at radius 3 is 2.52 bits per heavy atom. The third-order valence-electron chi connectivity index (χ3n) is 2.86. The number of carbonyl (C=O) groups excluding carboxylic acids is 1. The SMILES string of the molecule is CN(CC(=O)NCc1cccs1)S(=O)(=O)c1ccccc1. The van der Waals surface area contributed by atoms with Crippen molar-refractivity contribution < 1.29 is 13.2 Å². The summed E-state index contributed by atoms with van der Waals surface area (Å²) in [6.45, 7) is 0.207. The number of hydrogen-bond donors (Lipinski definition) is 1. The van der Waals surface area contributed by atoms with Crippen LogP contribution in [0.1, 0.15) is 4.88 Å². The minimum absolute atomic E-state index is 0.179. The maximum Gasteiger partial charge on any atom is 0.243 e. The van der Waals surface area contributed by atoms with Crippen molar-refractivity contribution in [3.63, 3.8) is 0 Å². The van der Waals surface area contributed by atoms with Crippen LogP contribution in [0.3, 0.4) is 0 Å². The van der Waals surface area contributed by atoms with Crippen molar-refractivity contribution in [2.24, 2.45) is 0 Å². The van der Waals surface area contributed by atoms with E-state index in [9.17, 15) is 13.2 Å². The summed E-state index contributed by atoms with van der Waals surface area (Å²) >= 11 is 1.54. The van der Waals surface area contributed by atoms with Crippen LogP contribution in [0.15, 0.2) is 52.7 Å². The molecule has 1 N–H and O–H groups in total. The molecule has 0 aliphatic rings. The van der Waals surface area contributed by atoms with Gasteiger partial charge < -0.3 is 5.32 Å². The average molecular weight is 324 g/mol. The molecule has 1 aromatic carbocycles. The zero-order chi connectivity index (χ0) is 15.3. The summed E-state index contributed by atoms with van der Waals surface area (Å²) in [7, 11) is -2.24. The van der Waals surface area contributed by atoms with Gasteiger partial charge in [-0.3, -0.25) is 4.79 Å². The van der Waals surface area contributed by atoms with Gasteiger partial charge >= 0.3 is 0 Å². The third-order valence-corrected chi connectivity index (χ3v) is 5.55. The van der Waals surface area contributed by atoms with Crippen LogP contribution >= 0.6 is 11.3 Å². The number of thiophene rings is 1. The van der Waals surface area contributed by atoms with Crippen LogP contribution in [0.2, 0.25) is 0 Å². The molecule has 21 heavy (non-hydrogen) atoms. The van der Waals surface area contributed by atoms with Crippen molar-refractivity contribution in [2.75, 3.05) is 13.6 Å². The van der Waals surface area contributed by atoms with Crippen LogP contribution in [0.25, 0.3) is 0 Å². The molecule has 7 heteroatoms. The van der Waals surface area contributed by atoms with Gasteiger partial charge in [-0.2, -0.15) is 4.31 Å². The first-order chi connectivity index (χ1) is 10.00. The van der Waals surface area contributed by atoms with Gasteiger partial charge in [0.15, 0.2) is 0 Å². The van der Waals surface area contributed by atoms with E-state index in [0.717, 1.165) is 9.18 Å². The van der Waals surface area contributed by atoms with Gasteiger partial charge in [0.05, 0.1) is 18.0 Å². The smallest absolute Gasteiger partial charge is 0.243 e. The normalized spacial score (nSPS) is 11.5.